The molecule has 0 spiro atoms. The maximum Gasteiger partial charge on any atom is 0.255 e. The second-order valence-corrected chi connectivity index (χ2v) is 6.34. The van der Waals surface area contributed by atoms with Crippen molar-refractivity contribution < 1.29 is 9.90 Å². The Balaban J connectivity index is 2.10. The number of hydrogen-bond acceptors (Lipinski definition) is 3. The van der Waals surface area contributed by atoms with Crippen molar-refractivity contribution in [3.63, 3.8) is 0 Å². The molecule has 1 amide bonds. The van der Waals surface area contributed by atoms with E-state index in [2.05, 4.69) is 19.9 Å². The zero-order valence-corrected chi connectivity index (χ0v) is 12.8. The molecule has 0 unspecified atom stereocenters. The summed E-state index contributed by atoms with van der Waals surface area (Å²) in [5, 5.41) is 9.56. The highest BCUT2D eigenvalue weighted by atomic mass is 32.2. The van der Waals surface area contributed by atoms with E-state index < -0.39 is 0 Å². The van der Waals surface area contributed by atoms with Gasteiger partial charge in [-0.1, -0.05) is 23.8 Å². The fourth-order valence-corrected chi connectivity index (χ4v) is 3.25. The first-order valence-corrected chi connectivity index (χ1v) is 7.89. The molecule has 108 valence electrons. The van der Waals surface area contributed by atoms with Crippen molar-refractivity contribution in [2.45, 2.75) is 31.3 Å². The predicted octanol–water partition coefficient (Wildman–Crippen LogP) is 2.95. The van der Waals surface area contributed by atoms with Gasteiger partial charge in [-0.15, -0.1) is 11.8 Å². The molecule has 20 heavy (non-hydrogen) atoms. The lowest BCUT2D eigenvalue weighted by Crippen LogP contribution is -2.29. The molecule has 0 saturated carbocycles. The number of carbonyl (C=O) groups is 1. The van der Waals surface area contributed by atoms with Crippen LogP contribution in [0.25, 0.3) is 0 Å². The van der Waals surface area contributed by atoms with Crippen molar-refractivity contribution in [2.24, 2.45) is 0 Å². The third-order valence-corrected chi connectivity index (χ3v) is 4.30. The average molecular weight is 291 g/mol. The molecule has 1 aromatic rings. The number of thioether (sulfide) groups is 1. The molecule has 0 radical (unpaired) electrons. The number of likely N-dealkylation sites (tertiary alicyclic amines) is 1. The van der Waals surface area contributed by atoms with Gasteiger partial charge in [0.25, 0.3) is 5.91 Å². The fraction of sp³-hybridized carbons (Fsp3) is 0.438. The monoisotopic (exact) mass is 291 g/mol. The molecule has 0 aromatic heterocycles. The summed E-state index contributed by atoms with van der Waals surface area (Å²) in [6.45, 7) is 5.24. The molecule has 1 aliphatic heterocycles. The number of aliphatic hydroxyl groups is 1. The van der Waals surface area contributed by atoms with E-state index in [1.807, 2.05) is 24.3 Å². The molecule has 1 aliphatic rings. The normalized spacial score (nSPS) is 18.1. The van der Waals surface area contributed by atoms with Crippen LogP contribution in [0.5, 0.6) is 0 Å². The van der Waals surface area contributed by atoms with E-state index in [-0.39, 0.29) is 12.0 Å². The zero-order chi connectivity index (χ0) is 14.5. The van der Waals surface area contributed by atoms with Gasteiger partial charge in [-0.2, -0.15) is 0 Å². The lowest BCUT2D eigenvalue weighted by atomic mass is 10.2. The Labute approximate surface area is 124 Å². The van der Waals surface area contributed by atoms with E-state index >= 15 is 0 Å². The van der Waals surface area contributed by atoms with Crippen LogP contribution in [0.4, 0.5) is 0 Å². The van der Waals surface area contributed by atoms with Gasteiger partial charge in [0.15, 0.2) is 0 Å². The highest BCUT2D eigenvalue weighted by molar-refractivity contribution is 7.99. The van der Waals surface area contributed by atoms with E-state index in [0.717, 1.165) is 16.2 Å². The molecule has 1 atom stereocenters. The zero-order valence-electron chi connectivity index (χ0n) is 12.0. The Kier molecular flexibility index (Phi) is 5.26. The molecule has 1 fully saturated rings. The number of aliphatic hydroxyl groups excluding tert-OH is 1. The third kappa shape index (κ3) is 3.87. The number of hydrogen-bond donors (Lipinski definition) is 1. The van der Waals surface area contributed by atoms with Gasteiger partial charge in [0.1, 0.15) is 0 Å². The molecule has 1 heterocycles. The Morgan fingerprint density at radius 3 is 2.85 bits per heavy atom. The van der Waals surface area contributed by atoms with E-state index in [1.54, 1.807) is 16.7 Å². The summed E-state index contributed by atoms with van der Waals surface area (Å²) in [4.78, 5) is 15.2. The molecule has 4 heteroatoms. The van der Waals surface area contributed by atoms with Crippen LogP contribution in [-0.2, 0) is 0 Å². The summed E-state index contributed by atoms with van der Waals surface area (Å²) in [5.41, 5.74) is 2.03. The van der Waals surface area contributed by atoms with Crippen LogP contribution in [0.15, 0.2) is 40.8 Å². The average Bonchev–Trinajstić information content (AvgIpc) is 2.85. The van der Waals surface area contributed by atoms with Crippen molar-refractivity contribution in [1.29, 1.82) is 0 Å². The minimum atomic E-state index is -0.371. The fourth-order valence-electron chi connectivity index (χ4n) is 2.16. The Bertz CT molecular complexity index is 509. The van der Waals surface area contributed by atoms with Gasteiger partial charge in [0, 0.05) is 23.7 Å². The Hall–Kier alpha value is -1.26. The highest BCUT2D eigenvalue weighted by Gasteiger charge is 2.26. The van der Waals surface area contributed by atoms with Crippen LogP contribution in [0.3, 0.4) is 0 Å². The van der Waals surface area contributed by atoms with Gasteiger partial charge in [0.05, 0.1) is 11.7 Å². The Morgan fingerprint density at radius 2 is 2.20 bits per heavy atom. The van der Waals surface area contributed by atoms with E-state index in [1.165, 1.54) is 5.57 Å². The number of benzene rings is 1. The van der Waals surface area contributed by atoms with Crippen LogP contribution in [-0.4, -0.2) is 40.9 Å². The van der Waals surface area contributed by atoms with Crippen LogP contribution < -0.4 is 0 Å². The largest absolute Gasteiger partial charge is 0.391 e. The molecule has 1 N–H and O–H groups in total. The number of allylic oxidation sites excluding steroid dienone is 1. The van der Waals surface area contributed by atoms with Crippen LogP contribution >= 0.6 is 11.8 Å². The third-order valence-electron chi connectivity index (χ3n) is 3.30. The quantitative estimate of drug-likeness (QED) is 0.685. The minimum Gasteiger partial charge on any atom is -0.391 e. The molecular weight excluding hydrogens is 270 g/mol. The first-order valence-electron chi connectivity index (χ1n) is 6.90. The van der Waals surface area contributed by atoms with Crippen molar-refractivity contribution in [1.82, 2.24) is 4.90 Å². The SMILES string of the molecule is CC(C)=CCSc1ccccc1C(=O)N1CC[C@@H](O)C1. The molecule has 0 bridgehead atoms. The smallest absolute Gasteiger partial charge is 0.255 e. The van der Waals surface area contributed by atoms with Gasteiger partial charge in [-0.05, 0) is 32.4 Å². The first kappa shape index (κ1) is 15.1. The van der Waals surface area contributed by atoms with Crippen LogP contribution in [0, 0.1) is 0 Å². The van der Waals surface area contributed by atoms with E-state index in [4.69, 9.17) is 0 Å². The van der Waals surface area contributed by atoms with E-state index in [9.17, 15) is 9.90 Å². The highest BCUT2D eigenvalue weighted by Crippen LogP contribution is 2.25. The lowest BCUT2D eigenvalue weighted by Gasteiger charge is -2.17. The lowest BCUT2D eigenvalue weighted by molar-refractivity contribution is 0.0761. The molecule has 3 nitrogen and oxygen atoms in total. The molecule has 1 aromatic carbocycles. The minimum absolute atomic E-state index is 0.0295. The molecular formula is C16H21NO2S. The van der Waals surface area contributed by atoms with Crippen molar-refractivity contribution in [3.05, 3.63) is 41.5 Å². The standard InChI is InChI=1S/C16H21NO2S/c1-12(2)8-10-20-15-6-4-3-5-14(15)16(19)17-9-7-13(18)11-17/h3-6,8,13,18H,7,9-11H2,1-2H3/t13-/m1/s1. The van der Waals surface area contributed by atoms with Gasteiger partial charge in [-0.3, -0.25) is 4.79 Å². The van der Waals surface area contributed by atoms with Gasteiger partial charge in [-0.25, -0.2) is 0 Å². The van der Waals surface area contributed by atoms with Gasteiger partial charge < -0.3 is 10.0 Å². The molecule has 0 aliphatic carbocycles. The number of nitrogens with zero attached hydrogens (tertiary/aromatic N) is 1. The maximum atomic E-state index is 12.5. The topological polar surface area (TPSA) is 40.5 Å². The van der Waals surface area contributed by atoms with Crippen molar-refractivity contribution in [3.8, 4) is 0 Å². The number of rotatable bonds is 4. The number of amides is 1. The second-order valence-electron chi connectivity index (χ2n) is 5.28. The summed E-state index contributed by atoms with van der Waals surface area (Å²) in [6.07, 6.45) is 2.47. The summed E-state index contributed by atoms with van der Waals surface area (Å²) in [7, 11) is 0. The maximum absolute atomic E-state index is 12.5. The summed E-state index contributed by atoms with van der Waals surface area (Å²) in [6, 6.07) is 7.71. The summed E-state index contributed by atoms with van der Waals surface area (Å²) >= 11 is 1.68. The number of carbonyl (C=O) groups excluding carboxylic acids is 1. The van der Waals surface area contributed by atoms with Gasteiger partial charge in [0.2, 0.25) is 0 Å². The predicted molar refractivity (Wildman–Crippen MR) is 83.1 cm³/mol. The van der Waals surface area contributed by atoms with Crippen molar-refractivity contribution in [2.75, 3.05) is 18.8 Å². The van der Waals surface area contributed by atoms with E-state index in [0.29, 0.717) is 19.5 Å². The number of β-amino-alcohol motifs (C(OH)–C–C–N with tert-alkyl or cyclic N) is 1. The van der Waals surface area contributed by atoms with Crippen molar-refractivity contribution >= 4 is 17.7 Å². The Morgan fingerprint density at radius 1 is 1.45 bits per heavy atom. The summed E-state index contributed by atoms with van der Waals surface area (Å²) in [5.74, 6) is 0.900. The summed E-state index contributed by atoms with van der Waals surface area (Å²) < 4.78 is 0. The van der Waals surface area contributed by atoms with Crippen LogP contribution in [0.1, 0.15) is 30.6 Å². The molecule has 2 rings (SSSR count). The van der Waals surface area contributed by atoms with Gasteiger partial charge >= 0.3 is 0 Å². The first-order chi connectivity index (χ1) is 9.58. The molecule has 1 saturated heterocycles. The second kappa shape index (κ2) is 6.95. The van der Waals surface area contributed by atoms with Crippen LogP contribution in [0.2, 0.25) is 0 Å².